The van der Waals surface area contributed by atoms with Gasteiger partial charge in [-0.25, -0.2) is 4.68 Å². The van der Waals surface area contributed by atoms with E-state index in [1.165, 1.54) is 4.68 Å². The van der Waals surface area contributed by atoms with Crippen LogP contribution in [0.5, 0.6) is 0 Å². The van der Waals surface area contributed by atoms with Gasteiger partial charge in [0, 0.05) is 6.04 Å². The Morgan fingerprint density at radius 1 is 1.28 bits per heavy atom. The molecule has 0 aromatic carbocycles. The molecule has 6 rings (SSSR count). The van der Waals surface area contributed by atoms with Gasteiger partial charge >= 0.3 is 5.97 Å². The van der Waals surface area contributed by atoms with E-state index in [0.29, 0.717) is 30.0 Å². The molecule has 0 unspecified atom stereocenters. The summed E-state index contributed by atoms with van der Waals surface area (Å²) < 4.78 is 1.53. The Balaban J connectivity index is 1.57. The van der Waals surface area contributed by atoms with Crippen LogP contribution >= 0.6 is 11.6 Å². The van der Waals surface area contributed by atoms with Crippen molar-refractivity contribution in [3.63, 3.8) is 0 Å². The first kappa shape index (κ1) is 15.7. The Morgan fingerprint density at radius 2 is 1.96 bits per heavy atom. The minimum absolute atomic E-state index is 0.182. The molecule has 5 fully saturated rings. The first-order valence-corrected chi connectivity index (χ1v) is 9.57. The molecule has 0 amide bonds. The van der Waals surface area contributed by atoms with E-state index >= 15 is 0 Å². The monoisotopic (exact) mass is 363 g/mol. The van der Waals surface area contributed by atoms with E-state index in [1.807, 2.05) is 0 Å². The van der Waals surface area contributed by atoms with Crippen molar-refractivity contribution < 1.29 is 9.90 Å². The van der Waals surface area contributed by atoms with Crippen LogP contribution in [0.25, 0.3) is 0 Å². The fourth-order valence-electron chi connectivity index (χ4n) is 6.03. The quantitative estimate of drug-likeness (QED) is 0.859. The molecule has 6 nitrogen and oxygen atoms in total. The SMILES string of the molecule is O=C(O)C12C[C@@H]3C[C@@H](C1)CC(n1ncc(NC4CC4)c(Cl)c1=O)(C3)C2. The maximum Gasteiger partial charge on any atom is 0.309 e. The molecule has 0 saturated heterocycles. The third kappa shape index (κ3) is 2.26. The van der Waals surface area contributed by atoms with Crippen molar-refractivity contribution >= 4 is 23.3 Å². The van der Waals surface area contributed by atoms with Gasteiger partial charge in [0.2, 0.25) is 0 Å². The molecule has 4 bridgehead atoms. The van der Waals surface area contributed by atoms with Gasteiger partial charge in [-0.15, -0.1) is 0 Å². The topological polar surface area (TPSA) is 84.2 Å². The van der Waals surface area contributed by atoms with E-state index in [2.05, 4.69) is 10.4 Å². The highest BCUT2D eigenvalue weighted by atomic mass is 35.5. The molecule has 7 heteroatoms. The largest absolute Gasteiger partial charge is 0.481 e. The number of hydrogen-bond donors (Lipinski definition) is 2. The average molecular weight is 364 g/mol. The minimum atomic E-state index is -0.711. The van der Waals surface area contributed by atoms with E-state index < -0.39 is 16.9 Å². The Kier molecular flexibility index (Phi) is 3.13. The van der Waals surface area contributed by atoms with Gasteiger partial charge < -0.3 is 10.4 Å². The predicted molar refractivity (Wildman–Crippen MR) is 92.9 cm³/mol. The summed E-state index contributed by atoms with van der Waals surface area (Å²) in [5.41, 5.74) is -0.859. The maximum absolute atomic E-state index is 13.0. The molecule has 0 spiro atoms. The van der Waals surface area contributed by atoms with Gasteiger partial charge in [0.1, 0.15) is 5.02 Å². The van der Waals surface area contributed by atoms with Gasteiger partial charge in [0.15, 0.2) is 0 Å². The van der Waals surface area contributed by atoms with E-state index in [4.69, 9.17) is 11.6 Å². The van der Waals surface area contributed by atoms with E-state index in [9.17, 15) is 14.7 Å². The molecule has 2 atom stereocenters. The second kappa shape index (κ2) is 5.00. The van der Waals surface area contributed by atoms with Crippen LogP contribution < -0.4 is 10.9 Å². The van der Waals surface area contributed by atoms with Crippen LogP contribution in [-0.4, -0.2) is 26.9 Å². The minimum Gasteiger partial charge on any atom is -0.481 e. The zero-order valence-corrected chi connectivity index (χ0v) is 14.8. The van der Waals surface area contributed by atoms with Crippen molar-refractivity contribution in [1.29, 1.82) is 0 Å². The molecule has 2 N–H and O–H groups in total. The standard InChI is InChI=1S/C18H22ClN3O3/c19-14-13(21-12-1-2-12)8-20-22(15(14)23)18-6-10-3-11(7-18)5-17(4-10,9-18)16(24)25/h8,10-12,21H,1-7,9H2,(H,24,25)/t10-,11-,17?,18?/m0/s1. The van der Waals surface area contributed by atoms with Gasteiger partial charge in [0.25, 0.3) is 5.56 Å². The van der Waals surface area contributed by atoms with Gasteiger partial charge in [0.05, 0.1) is 22.8 Å². The van der Waals surface area contributed by atoms with Crippen molar-refractivity contribution in [2.24, 2.45) is 17.3 Å². The summed E-state index contributed by atoms with van der Waals surface area (Å²) in [6.07, 6.45) is 8.58. The lowest BCUT2D eigenvalue weighted by Gasteiger charge is -2.60. The third-order valence-electron chi connectivity index (χ3n) is 6.79. The second-order valence-corrected chi connectivity index (χ2v) is 9.16. The number of hydrogen-bond acceptors (Lipinski definition) is 4. The Bertz CT molecular complexity index is 802. The maximum atomic E-state index is 13.0. The van der Waals surface area contributed by atoms with Gasteiger partial charge in [-0.3, -0.25) is 9.59 Å². The smallest absolute Gasteiger partial charge is 0.309 e. The number of halogens is 1. The number of nitrogens with one attached hydrogen (secondary N) is 1. The van der Waals surface area contributed by atoms with Crippen LogP contribution in [0.4, 0.5) is 5.69 Å². The summed E-state index contributed by atoms with van der Waals surface area (Å²) in [4.78, 5) is 25.0. The highest BCUT2D eigenvalue weighted by Gasteiger charge is 2.62. The predicted octanol–water partition coefficient (Wildman–Crippen LogP) is 2.85. The lowest BCUT2D eigenvalue weighted by molar-refractivity contribution is -0.173. The number of aliphatic carboxylic acids is 1. The molecule has 0 radical (unpaired) electrons. The number of nitrogens with zero attached hydrogens (tertiary/aromatic N) is 2. The molecule has 1 aromatic heterocycles. The zero-order valence-electron chi connectivity index (χ0n) is 14.0. The van der Waals surface area contributed by atoms with Crippen molar-refractivity contribution in [3.05, 3.63) is 21.6 Å². The Morgan fingerprint density at radius 3 is 2.56 bits per heavy atom. The van der Waals surface area contributed by atoms with Crippen molar-refractivity contribution in [2.45, 2.75) is 62.9 Å². The summed E-state index contributed by atoms with van der Waals surface area (Å²) in [5.74, 6) is 0.0281. The number of carbonyl (C=O) groups is 1. The van der Waals surface area contributed by atoms with Gasteiger partial charge in [-0.1, -0.05) is 11.6 Å². The molecule has 25 heavy (non-hydrogen) atoms. The van der Waals surface area contributed by atoms with Crippen LogP contribution in [0.2, 0.25) is 5.02 Å². The molecule has 1 heterocycles. The van der Waals surface area contributed by atoms with Crippen LogP contribution in [0.15, 0.2) is 11.0 Å². The number of carboxylic acids is 1. The Labute approximate surface area is 150 Å². The lowest BCUT2D eigenvalue weighted by atomic mass is 9.47. The number of rotatable bonds is 4. The second-order valence-electron chi connectivity index (χ2n) is 8.78. The molecule has 0 aliphatic heterocycles. The highest BCUT2D eigenvalue weighted by molar-refractivity contribution is 6.32. The number of aromatic nitrogens is 2. The van der Waals surface area contributed by atoms with E-state index in [0.717, 1.165) is 44.9 Å². The molecule has 134 valence electrons. The first-order valence-electron chi connectivity index (χ1n) is 9.19. The molecular formula is C18H22ClN3O3. The Hall–Kier alpha value is -1.56. The fraction of sp³-hybridized carbons (Fsp3) is 0.722. The summed E-state index contributed by atoms with van der Waals surface area (Å²) in [5, 5.41) is 17.8. The van der Waals surface area contributed by atoms with Crippen LogP contribution in [0, 0.1) is 17.3 Å². The number of anilines is 1. The van der Waals surface area contributed by atoms with Crippen LogP contribution in [0.1, 0.15) is 51.4 Å². The van der Waals surface area contributed by atoms with Gasteiger partial charge in [-0.2, -0.15) is 5.10 Å². The van der Waals surface area contributed by atoms with Crippen molar-refractivity contribution in [1.82, 2.24) is 9.78 Å². The third-order valence-corrected chi connectivity index (χ3v) is 7.15. The summed E-state index contributed by atoms with van der Waals surface area (Å²) in [6.45, 7) is 0. The van der Waals surface area contributed by atoms with Crippen LogP contribution in [0.3, 0.4) is 0 Å². The molecule has 5 saturated carbocycles. The van der Waals surface area contributed by atoms with Crippen molar-refractivity contribution in [3.8, 4) is 0 Å². The summed E-state index contributed by atoms with van der Waals surface area (Å²) in [6, 6.07) is 0.393. The zero-order chi connectivity index (χ0) is 17.4. The average Bonchev–Trinajstić information content (AvgIpc) is 3.34. The normalized spacial score (nSPS) is 38.8. The summed E-state index contributed by atoms with van der Waals surface area (Å²) >= 11 is 6.36. The first-order chi connectivity index (χ1) is 11.9. The summed E-state index contributed by atoms with van der Waals surface area (Å²) in [7, 11) is 0. The van der Waals surface area contributed by atoms with Gasteiger partial charge in [-0.05, 0) is 63.2 Å². The lowest BCUT2D eigenvalue weighted by Crippen LogP contribution is -2.61. The van der Waals surface area contributed by atoms with E-state index in [-0.39, 0.29) is 10.6 Å². The molecule has 1 aromatic rings. The highest BCUT2D eigenvalue weighted by Crippen LogP contribution is 2.63. The van der Waals surface area contributed by atoms with E-state index in [1.54, 1.807) is 6.20 Å². The van der Waals surface area contributed by atoms with Crippen LogP contribution in [-0.2, 0) is 10.3 Å². The molecular weight excluding hydrogens is 342 g/mol. The fourth-order valence-corrected chi connectivity index (χ4v) is 6.21. The van der Waals surface area contributed by atoms with Crippen molar-refractivity contribution in [2.75, 3.05) is 5.32 Å². The molecule has 5 aliphatic carbocycles. The molecule has 5 aliphatic rings. The number of carboxylic acid groups (broad SMARTS) is 1.